The predicted octanol–water partition coefficient (Wildman–Crippen LogP) is 1.81. The van der Waals surface area contributed by atoms with Gasteiger partial charge in [0, 0.05) is 19.2 Å². The van der Waals surface area contributed by atoms with E-state index in [1.165, 1.54) is 0 Å². The van der Waals surface area contributed by atoms with Gasteiger partial charge < -0.3 is 14.6 Å². The van der Waals surface area contributed by atoms with Crippen molar-refractivity contribution in [1.82, 2.24) is 14.9 Å². The van der Waals surface area contributed by atoms with Crippen molar-refractivity contribution < 1.29 is 9.53 Å². The number of carbonyl (C=O) groups is 1. The van der Waals surface area contributed by atoms with Crippen molar-refractivity contribution in [2.45, 2.75) is 25.5 Å². The highest BCUT2D eigenvalue weighted by atomic mass is 16.5. The zero-order valence-electron chi connectivity index (χ0n) is 11.1. The van der Waals surface area contributed by atoms with E-state index in [1.54, 1.807) is 11.2 Å². The normalized spacial score (nSPS) is 22.8. The fourth-order valence-corrected chi connectivity index (χ4v) is 2.65. The topological polar surface area (TPSA) is 58.2 Å². The molecule has 19 heavy (non-hydrogen) atoms. The standard InChI is InChI=1S/C14H17N3O2/c1-9-13(5-6-19-9)17(2)14(18)10-3-4-11-12(7-10)16-8-15-11/h3-4,7-9,13H,5-6H2,1-2H3,(H,15,16). The summed E-state index contributed by atoms with van der Waals surface area (Å²) in [6.45, 7) is 2.74. The molecule has 1 saturated heterocycles. The molecule has 3 rings (SSSR count). The van der Waals surface area contributed by atoms with Gasteiger partial charge in [0.05, 0.1) is 29.5 Å². The van der Waals surface area contributed by atoms with Gasteiger partial charge in [0.15, 0.2) is 0 Å². The molecule has 2 atom stereocenters. The van der Waals surface area contributed by atoms with Crippen LogP contribution in [0.4, 0.5) is 0 Å². The molecule has 0 saturated carbocycles. The van der Waals surface area contributed by atoms with E-state index in [9.17, 15) is 4.79 Å². The fourth-order valence-electron chi connectivity index (χ4n) is 2.65. The van der Waals surface area contributed by atoms with Gasteiger partial charge in [-0.1, -0.05) is 0 Å². The third kappa shape index (κ3) is 2.10. The molecule has 1 amide bonds. The molecule has 1 N–H and O–H groups in total. The highest BCUT2D eigenvalue weighted by Crippen LogP contribution is 2.21. The van der Waals surface area contributed by atoms with E-state index in [4.69, 9.17) is 4.74 Å². The number of hydrogen-bond acceptors (Lipinski definition) is 3. The Morgan fingerprint density at radius 1 is 1.53 bits per heavy atom. The number of aromatic amines is 1. The summed E-state index contributed by atoms with van der Waals surface area (Å²) in [6, 6.07) is 5.69. The number of H-pyrrole nitrogens is 1. The monoisotopic (exact) mass is 259 g/mol. The maximum atomic E-state index is 12.5. The van der Waals surface area contributed by atoms with Crippen molar-refractivity contribution >= 4 is 16.9 Å². The first-order chi connectivity index (χ1) is 9.16. The maximum absolute atomic E-state index is 12.5. The minimum Gasteiger partial charge on any atom is -0.376 e. The van der Waals surface area contributed by atoms with Crippen molar-refractivity contribution in [3.8, 4) is 0 Å². The van der Waals surface area contributed by atoms with Crippen molar-refractivity contribution in [2.24, 2.45) is 0 Å². The van der Waals surface area contributed by atoms with Gasteiger partial charge in [0.25, 0.3) is 5.91 Å². The van der Waals surface area contributed by atoms with Crippen LogP contribution in [0.2, 0.25) is 0 Å². The lowest BCUT2D eigenvalue weighted by Crippen LogP contribution is -2.40. The van der Waals surface area contributed by atoms with Crippen molar-refractivity contribution in [3.05, 3.63) is 30.1 Å². The predicted molar refractivity (Wildman–Crippen MR) is 72.0 cm³/mol. The Morgan fingerprint density at radius 3 is 3.11 bits per heavy atom. The Bertz CT molecular complexity index is 608. The van der Waals surface area contributed by atoms with Crippen LogP contribution in [0.25, 0.3) is 11.0 Å². The molecule has 0 bridgehead atoms. The second-order valence-electron chi connectivity index (χ2n) is 4.98. The first-order valence-electron chi connectivity index (χ1n) is 6.48. The van der Waals surface area contributed by atoms with Crippen molar-refractivity contribution in [1.29, 1.82) is 0 Å². The Kier molecular flexibility index (Phi) is 2.98. The van der Waals surface area contributed by atoms with Gasteiger partial charge in [-0.15, -0.1) is 0 Å². The molecule has 0 spiro atoms. The van der Waals surface area contributed by atoms with E-state index in [2.05, 4.69) is 9.97 Å². The summed E-state index contributed by atoms with van der Waals surface area (Å²) in [5.74, 6) is 0.0267. The number of nitrogens with one attached hydrogen (secondary N) is 1. The van der Waals surface area contributed by atoms with Gasteiger partial charge >= 0.3 is 0 Å². The number of amides is 1. The van der Waals surface area contributed by atoms with E-state index in [1.807, 2.05) is 32.2 Å². The van der Waals surface area contributed by atoms with E-state index < -0.39 is 0 Å². The van der Waals surface area contributed by atoms with Gasteiger partial charge in [0.1, 0.15) is 0 Å². The minimum atomic E-state index is 0.0267. The second kappa shape index (κ2) is 4.66. The van der Waals surface area contributed by atoms with E-state index in [0.29, 0.717) is 5.56 Å². The number of imidazole rings is 1. The third-order valence-electron chi connectivity index (χ3n) is 3.82. The summed E-state index contributed by atoms with van der Waals surface area (Å²) >= 11 is 0. The molecule has 2 aromatic rings. The van der Waals surface area contributed by atoms with Crippen LogP contribution in [0.3, 0.4) is 0 Å². The summed E-state index contributed by atoms with van der Waals surface area (Å²) in [5, 5.41) is 0. The first kappa shape index (κ1) is 12.2. The van der Waals surface area contributed by atoms with Gasteiger partial charge in [0.2, 0.25) is 0 Å². The van der Waals surface area contributed by atoms with E-state index in [0.717, 1.165) is 24.1 Å². The van der Waals surface area contributed by atoms with Crippen molar-refractivity contribution in [3.63, 3.8) is 0 Å². The molecule has 5 heteroatoms. The third-order valence-corrected chi connectivity index (χ3v) is 3.82. The minimum absolute atomic E-state index is 0.0267. The summed E-state index contributed by atoms with van der Waals surface area (Å²) < 4.78 is 5.52. The molecule has 100 valence electrons. The highest BCUT2D eigenvalue weighted by Gasteiger charge is 2.31. The highest BCUT2D eigenvalue weighted by molar-refractivity contribution is 5.97. The zero-order chi connectivity index (χ0) is 13.4. The molecule has 1 aromatic heterocycles. The summed E-state index contributed by atoms with van der Waals surface area (Å²) in [6.07, 6.45) is 2.63. The average Bonchev–Trinajstić information content (AvgIpc) is 3.04. The molecular formula is C14H17N3O2. The lowest BCUT2D eigenvalue weighted by atomic mass is 10.1. The number of carbonyl (C=O) groups excluding carboxylic acids is 1. The van der Waals surface area contributed by atoms with E-state index in [-0.39, 0.29) is 18.1 Å². The van der Waals surface area contributed by atoms with Gasteiger partial charge in [-0.25, -0.2) is 4.98 Å². The number of fused-ring (bicyclic) bond motifs is 1. The molecule has 0 radical (unpaired) electrons. The van der Waals surface area contributed by atoms with Gasteiger partial charge in [-0.2, -0.15) is 0 Å². The maximum Gasteiger partial charge on any atom is 0.254 e. The number of hydrogen-bond donors (Lipinski definition) is 1. The van der Waals surface area contributed by atoms with Crippen LogP contribution in [0.5, 0.6) is 0 Å². The molecule has 1 aromatic carbocycles. The van der Waals surface area contributed by atoms with Crippen LogP contribution < -0.4 is 0 Å². The summed E-state index contributed by atoms with van der Waals surface area (Å²) in [4.78, 5) is 21.4. The van der Waals surface area contributed by atoms with Gasteiger partial charge in [-0.3, -0.25) is 4.79 Å². The van der Waals surface area contributed by atoms with E-state index >= 15 is 0 Å². The average molecular weight is 259 g/mol. The Labute approximate surface area is 111 Å². The Hall–Kier alpha value is -1.88. The number of rotatable bonds is 2. The molecule has 5 nitrogen and oxygen atoms in total. The van der Waals surface area contributed by atoms with Crippen LogP contribution in [0, 0.1) is 0 Å². The molecular weight excluding hydrogens is 242 g/mol. The lowest BCUT2D eigenvalue weighted by molar-refractivity contribution is 0.0575. The number of likely N-dealkylation sites (N-methyl/N-ethyl adjacent to an activating group) is 1. The first-order valence-corrected chi connectivity index (χ1v) is 6.48. The van der Waals surface area contributed by atoms with Crippen LogP contribution in [0.15, 0.2) is 24.5 Å². The Balaban J connectivity index is 1.86. The molecule has 1 aliphatic heterocycles. The largest absolute Gasteiger partial charge is 0.376 e. The number of aromatic nitrogens is 2. The van der Waals surface area contributed by atoms with Gasteiger partial charge in [-0.05, 0) is 31.5 Å². The molecule has 2 unspecified atom stereocenters. The van der Waals surface area contributed by atoms with Crippen LogP contribution >= 0.6 is 0 Å². The van der Waals surface area contributed by atoms with Crippen LogP contribution in [-0.2, 0) is 4.74 Å². The molecule has 2 heterocycles. The summed E-state index contributed by atoms with van der Waals surface area (Å²) in [7, 11) is 1.84. The molecule has 0 aliphatic carbocycles. The number of ether oxygens (including phenoxy) is 1. The lowest BCUT2D eigenvalue weighted by Gasteiger charge is -2.26. The quantitative estimate of drug-likeness (QED) is 0.894. The van der Waals surface area contributed by atoms with Crippen LogP contribution in [0.1, 0.15) is 23.7 Å². The molecule has 1 aliphatic rings. The molecule has 1 fully saturated rings. The fraction of sp³-hybridized carbons (Fsp3) is 0.429. The second-order valence-corrected chi connectivity index (χ2v) is 4.98. The van der Waals surface area contributed by atoms with Crippen LogP contribution in [-0.4, -0.2) is 46.6 Å². The Morgan fingerprint density at radius 2 is 2.37 bits per heavy atom. The number of nitrogens with zero attached hydrogens (tertiary/aromatic N) is 2. The summed E-state index contributed by atoms with van der Waals surface area (Å²) in [5.41, 5.74) is 2.44. The van der Waals surface area contributed by atoms with Crippen molar-refractivity contribution in [2.75, 3.05) is 13.7 Å². The smallest absolute Gasteiger partial charge is 0.254 e. The zero-order valence-corrected chi connectivity index (χ0v) is 11.1. The number of benzene rings is 1. The SMILES string of the molecule is CC1OCCC1N(C)C(=O)c1ccc2nc[nH]c2c1.